The summed E-state index contributed by atoms with van der Waals surface area (Å²) in [5.74, 6) is 0.796. The number of nitrogens with one attached hydrogen (secondary N) is 1. The van der Waals surface area contributed by atoms with Crippen molar-refractivity contribution in [2.45, 2.75) is 40.5 Å². The van der Waals surface area contributed by atoms with Crippen LogP contribution in [0.5, 0.6) is 0 Å². The molecule has 0 aliphatic carbocycles. The van der Waals surface area contributed by atoms with Gasteiger partial charge in [0, 0.05) is 11.0 Å². The summed E-state index contributed by atoms with van der Waals surface area (Å²) in [7, 11) is 0. The predicted octanol–water partition coefficient (Wildman–Crippen LogP) is 4.91. The average molecular weight is 284 g/mol. The predicted molar refractivity (Wildman–Crippen MR) is 76.2 cm³/mol. The van der Waals surface area contributed by atoms with Crippen molar-refractivity contribution in [3.05, 3.63) is 27.7 Å². The lowest BCUT2D eigenvalue weighted by Crippen LogP contribution is -2.05. The third-order valence-electron chi connectivity index (χ3n) is 2.69. The Morgan fingerprint density at radius 2 is 1.94 bits per heavy atom. The molecule has 1 N–H and O–H groups in total. The van der Waals surface area contributed by atoms with Gasteiger partial charge in [0.15, 0.2) is 0 Å². The Kier molecular flexibility index (Phi) is 5.33. The number of anilines is 1. The summed E-state index contributed by atoms with van der Waals surface area (Å²) in [4.78, 5) is 0. The molecular formula is C14H22BrN. The van der Waals surface area contributed by atoms with Gasteiger partial charge in [0.1, 0.15) is 0 Å². The fraction of sp³-hybridized carbons (Fsp3) is 0.571. The molecule has 0 aliphatic rings. The molecule has 1 nitrogen and oxygen atoms in total. The van der Waals surface area contributed by atoms with Crippen LogP contribution in [0.15, 0.2) is 16.6 Å². The molecule has 0 saturated carbocycles. The first-order valence-electron chi connectivity index (χ1n) is 6.01. The molecule has 90 valence electrons. The zero-order valence-corrected chi connectivity index (χ0v) is 12.3. The Labute approximate surface area is 108 Å². The van der Waals surface area contributed by atoms with Crippen molar-refractivity contribution in [3.8, 4) is 0 Å². The quantitative estimate of drug-likeness (QED) is 0.757. The van der Waals surface area contributed by atoms with E-state index in [1.165, 1.54) is 34.1 Å². The number of halogens is 1. The highest BCUT2D eigenvalue weighted by molar-refractivity contribution is 9.10. The molecule has 0 aliphatic heterocycles. The molecular weight excluding hydrogens is 262 g/mol. The molecule has 0 amide bonds. The van der Waals surface area contributed by atoms with Crippen molar-refractivity contribution >= 4 is 21.6 Å². The standard InChI is InChI=1S/C14H22BrN/c1-10(2)6-5-7-16-14-12(4)8-11(3)9-13(14)15/h8-10,16H,5-7H2,1-4H3. The van der Waals surface area contributed by atoms with Crippen molar-refractivity contribution in [3.63, 3.8) is 0 Å². The van der Waals surface area contributed by atoms with Crippen LogP contribution in [0.25, 0.3) is 0 Å². The maximum Gasteiger partial charge on any atom is 0.0514 e. The second-order valence-electron chi connectivity index (χ2n) is 4.90. The van der Waals surface area contributed by atoms with E-state index < -0.39 is 0 Å². The van der Waals surface area contributed by atoms with Gasteiger partial charge in [-0.25, -0.2) is 0 Å². The number of aryl methyl sites for hydroxylation is 2. The van der Waals surface area contributed by atoms with Crippen LogP contribution in [-0.4, -0.2) is 6.54 Å². The van der Waals surface area contributed by atoms with Gasteiger partial charge in [-0.3, -0.25) is 0 Å². The molecule has 16 heavy (non-hydrogen) atoms. The van der Waals surface area contributed by atoms with E-state index in [0.29, 0.717) is 0 Å². The van der Waals surface area contributed by atoms with E-state index in [1.807, 2.05) is 0 Å². The monoisotopic (exact) mass is 283 g/mol. The third-order valence-corrected chi connectivity index (χ3v) is 3.32. The third kappa shape index (κ3) is 4.17. The summed E-state index contributed by atoms with van der Waals surface area (Å²) >= 11 is 3.62. The Balaban J connectivity index is 2.54. The second-order valence-corrected chi connectivity index (χ2v) is 5.76. The normalized spacial score (nSPS) is 10.9. The first-order chi connectivity index (χ1) is 7.50. The highest BCUT2D eigenvalue weighted by Crippen LogP contribution is 2.27. The molecule has 0 spiro atoms. The topological polar surface area (TPSA) is 12.0 Å². The van der Waals surface area contributed by atoms with E-state index in [0.717, 1.165) is 12.5 Å². The van der Waals surface area contributed by atoms with Crippen LogP contribution in [0.3, 0.4) is 0 Å². The van der Waals surface area contributed by atoms with Gasteiger partial charge in [-0.05, 0) is 65.7 Å². The van der Waals surface area contributed by atoms with Crippen LogP contribution in [0.2, 0.25) is 0 Å². The van der Waals surface area contributed by atoms with Gasteiger partial charge in [0.2, 0.25) is 0 Å². The number of benzene rings is 1. The summed E-state index contributed by atoms with van der Waals surface area (Å²) in [5.41, 5.74) is 3.86. The maximum atomic E-state index is 3.62. The Morgan fingerprint density at radius 3 is 2.50 bits per heavy atom. The van der Waals surface area contributed by atoms with Gasteiger partial charge >= 0.3 is 0 Å². The van der Waals surface area contributed by atoms with Crippen LogP contribution in [0, 0.1) is 19.8 Å². The van der Waals surface area contributed by atoms with E-state index in [9.17, 15) is 0 Å². The molecule has 1 aromatic rings. The van der Waals surface area contributed by atoms with Crippen molar-refractivity contribution in [1.82, 2.24) is 0 Å². The van der Waals surface area contributed by atoms with Gasteiger partial charge in [-0.1, -0.05) is 19.9 Å². The summed E-state index contributed by atoms with van der Waals surface area (Å²) in [6.45, 7) is 9.88. The van der Waals surface area contributed by atoms with Crippen LogP contribution >= 0.6 is 15.9 Å². The molecule has 0 fully saturated rings. The molecule has 2 heteroatoms. The molecule has 0 aromatic heterocycles. The minimum Gasteiger partial charge on any atom is -0.384 e. The first-order valence-corrected chi connectivity index (χ1v) is 6.80. The fourth-order valence-corrected chi connectivity index (χ4v) is 2.68. The van der Waals surface area contributed by atoms with Gasteiger partial charge in [0.05, 0.1) is 5.69 Å². The lowest BCUT2D eigenvalue weighted by molar-refractivity contribution is 0.567. The molecule has 0 saturated heterocycles. The molecule has 0 bridgehead atoms. The fourth-order valence-electron chi connectivity index (χ4n) is 1.86. The van der Waals surface area contributed by atoms with E-state index >= 15 is 0 Å². The van der Waals surface area contributed by atoms with Crippen molar-refractivity contribution in [2.24, 2.45) is 5.92 Å². The van der Waals surface area contributed by atoms with E-state index in [1.54, 1.807) is 0 Å². The van der Waals surface area contributed by atoms with E-state index in [-0.39, 0.29) is 0 Å². The lowest BCUT2D eigenvalue weighted by atomic mass is 10.1. The Bertz CT molecular complexity index is 322. The summed E-state index contributed by atoms with van der Waals surface area (Å²) in [6.07, 6.45) is 2.52. The Morgan fingerprint density at radius 1 is 1.25 bits per heavy atom. The Hall–Kier alpha value is -0.500. The average Bonchev–Trinajstić information content (AvgIpc) is 2.14. The van der Waals surface area contributed by atoms with Crippen molar-refractivity contribution in [1.29, 1.82) is 0 Å². The minimum atomic E-state index is 0.796. The zero-order chi connectivity index (χ0) is 12.1. The maximum absolute atomic E-state index is 3.62. The van der Waals surface area contributed by atoms with E-state index in [2.05, 4.69) is 61.1 Å². The molecule has 1 aromatic carbocycles. The molecule has 0 radical (unpaired) electrons. The number of rotatable bonds is 5. The highest BCUT2D eigenvalue weighted by Gasteiger charge is 2.04. The SMILES string of the molecule is Cc1cc(C)c(NCCCC(C)C)c(Br)c1. The smallest absolute Gasteiger partial charge is 0.0514 e. The van der Waals surface area contributed by atoms with Gasteiger partial charge < -0.3 is 5.32 Å². The number of hydrogen-bond acceptors (Lipinski definition) is 1. The minimum absolute atomic E-state index is 0.796. The highest BCUT2D eigenvalue weighted by atomic mass is 79.9. The summed E-state index contributed by atoms with van der Waals surface area (Å²) in [5, 5.41) is 3.52. The van der Waals surface area contributed by atoms with Gasteiger partial charge in [-0.2, -0.15) is 0 Å². The lowest BCUT2D eigenvalue weighted by Gasteiger charge is -2.13. The van der Waals surface area contributed by atoms with Gasteiger partial charge in [-0.15, -0.1) is 0 Å². The number of hydrogen-bond donors (Lipinski definition) is 1. The van der Waals surface area contributed by atoms with Gasteiger partial charge in [0.25, 0.3) is 0 Å². The van der Waals surface area contributed by atoms with Crippen molar-refractivity contribution < 1.29 is 0 Å². The van der Waals surface area contributed by atoms with Crippen molar-refractivity contribution in [2.75, 3.05) is 11.9 Å². The largest absolute Gasteiger partial charge is 0.384 e. The van der Waals surface area contributed by atoms with E-state index in [4.69, 9.17) is 0 Å². The van der Waals surface area contributed by atoms with Crippen LogP contribution in [-0.2, 0) is 0 Å². The van der Waals surface area contributed by atoms with Crippen LogP contribution < -0.4 is 5.32 Å². The molecule has 0 heterocycles. The summed E-state index contributed by atoms with van der Waals surface area (Å²) < 4.78 is 1.18. The van der Waals surface area contributed by atoms with Crippen LogP contribution in [0.1, 0.15) is 37.8 Å². The van der Waals surface area contributed by atoms with Crippen LogP contribution in [0.4, 0.5) is 5.69 Å². The second kappa shape index (κ2) is 6.29. The summed E-state index contributed by atoms with van der Waals surface area (Å²) in [6, 6.07) is 4.38. The molecule has 0 atom stereocenters. The zero-order valence-electron chi connectivity index (χ0n) is 10.7. The first kappa shape index (κ1) is 13.6. The molecule has 1 rings (SSSR count). The molecule has 0 unspecified atom stereocenters.